The van der Waals surface area contributed by atoms with Gasteiger partial charge in [0.05, 0.1) is 18.7 Å². The number of carbonyl (C=O) groups excluding carboxylic acids is 1. The van der Waals surface area contributed by atoms with Crippen molar-refractivity contribution < 1.29 is 14.6 Å². The van der Waals surface area contributed by atoms with E-state index in [0.717, 1.165) is 22.4 Å². The van der Waals surface area contributed by atoms with Crippen molar-refractivity contribution in [2.24, 2.45) is 0 Å². The number of benzene rings is 3. The van der Waals surface area contributed by atoms with Gasteiger partial charge in [0.1, 0.15) is 18.2 Å². The summed E-state index contributed by atoms with van der Waals surface area (Å²) >= 11 is 5.82. The summed E-state index contributed by atoms with van der Waals surface area (Å²) in [5.41, 5.74) is 2.80. The number of carbonyl (C=O) groups is 1. The van der Waals surface area contributed by atoms with Crippen molar-refractivity contribution >= 4 is 17.5 Å². The molecule has 0 saturated heterocycles. The molecule has 3 aromatic rings. The Kier molecular flexibility index (Phi) is 7.89. The predicted octanol–water partition coefficient (Wildman–Crippen LogP) is 5.13. The zero-order chi connectivity index (χ0) is 21.3. The largest absolute Gasteiger partial charge is 0.489 e. The molecule has 0 saturated carbocycles. The zero-order valence-corrected chi connectivity index (χ0v) is 17.7. The Morgan fingerprint density at radius 2 is 1.53 bits per heavy atom. The van der Waals surface area contributed by atoms with E-state index in [4.69, 9.17) is 16.3 Å². The molecule has 0 aliphatic carbocycles. The van der Waals surface area contributed by atoms with E-state index < -0.39 is 6.10 Å². The molecule has 0 radical (unpaired) electrons. The van der Waals surface area contributed by atoms with Crippen LogP contribution in [0.4, 0.5) is 0 Å². The number of alkyl halides is 1. The van der Waals surface area contributed by atoms with Crippen molar-refractivity contribution in [3.63, 3.8) is 0 Å². The van der Waals surface area contributed by atoms with Crippen LogP contribution < -0.4 is 4.74 Å². The third-order valence-corrected chi connectivity index (χ3v) is 5.30. The molecule has 0 aliphatic heterocycles. The van der Waals surface area contributed by atoms with Gasteiger partial charge in [0.2, 0.25) is 5.91 Å². The summed E-state index contributed by atoms with van der Waals surface area (Å²) in [4.78, 5) is 14.0. The number of nitrogens with zero attached hydrogens (tertiary/aromatic N) is 1. The molecule has 0 bridgehead atoms. The van der Waals surface area contributed by atoms with Gasteiger partial charge in [-0.25, -0.2) is 0 Å². The highest BCUT2D eigenvalue weighted by molar-refractivity contribution is 6.27. The van der Waals surface area contributed by atoms with E-state index in [2.05, 4.69) is 0 Å². The molecule has 0 aromatic heterocycles. The molecule has 0 spiro atoms. The van der Waals surface area contributed by atoms with Crippen molar-refractivity contribution in [2.75, 3.05) is 12.4 Å². The number of ether oxygens (including phenoxy) is 1. The summed E-state index contributed by atoms with van der Waals surface area (Å²) in [6.45, 7) is 2.58. The van der Waals surface area contributed by atoms with Gasteiger partial charge >= 0.3 is 0 Å². The number of hydrogen-bond donors (Lipinski definition) is 1. The first-order chi connectivity index (χ1) is 14.6. The smallest absolute Gasteiger partial charge is 0.238 e. The third kappa shape index (κ3) is 5.85. The second-order valence-corrected chi connectivity index (χ2v) is 7.39. The molecule has 1 N–H and O–H groups in total. The number of halogens is 1. The summed E-state index contributed by atoms with van der Waals surface area (Å²) in [6.07, 6.45) is -0.827. The lowest BCUT2D eigenvalue weighted by molar-refractivity contribution is -0.132. The SMILES string of the molecule is C[C@@H](c1ccccc1)N(C[C@@H](O)c1ccc(OCc2ccccc2)cc1)C(=O)CCl. The first kappa shape index (κ1) is 21.9. The Hall–Kier alpha value is -2.82. The van der Waals surface area contributed by atoms with Crippen LogP contribution in [0.1, 0.15) is 35.8 Å². The lowest BCUT2D eigenvalue weighted by atomic mass is 10.0. The Labute approximate surface area is 182 Å². The molecular formula is C25H26ClNO3. The molecule has 1 amide bonds. The maximum atomic E-state index is 12.4. The quantitative estimate of drug-likeness (QED) is 0.485. The predicted molar refractivity (Wildman–Crippen MR) is 119 cm³/mol. The lowest BCUT2D eigenvalue weighted by Gasteiger charge is -2.31. The van der Waals surface area contributed by atoms with Crippen molar-refractivity contribution in [1.82, 2.24) is 4.90 Å². The van der Waals surface area contributed by atoms with Crippen molar-refractivity contribution in [1.29, 1.82) is 0 Å². The molecule has 0 heterocycles. The van der Waals surface area contributed by atoms with E-state index in [0.29, 0.717) is 6.61 Å². The number of hydrogen-bond acceptors (Lipinski definition) is 3. The van der Waals surface area contributed by atoms with Gasteiger partial charge in [0, 0.05) is 0 Å². The average Bonchev–Trinajstić information content (AvgIpc) is 2.81. The molecule has 4 nitrogen and oxygen atoms in total. The van der Waals surface area contributed by atoms with E-state index in [1.807, 2.05) is 91.9 Å². The van der Waals surface area contributed by atoms with Crippen LogP contribution >= 0.6 is 11.6 Å². The Balaban J connectivity index is 1.65. The standard InChI is InChI=1S/C25H26ClNO3/c1-19(21-10-6-3-7-11-21)27(25(29)16-26)17-24(28)22-12-14-23(15-13-22)30-18-20-8-4-2-5-9-20/h2-15,19,24,28H,16-18H2,1H3/t19-,24+/m0/s1. The molecule has 0 aliphatic rings. The van der Waals surface area contributed by atoms with Crippen LogP contribution in [0.2, 0.25) is 0 Å². The topological polar surface area (TPSA) is 49.8 Å². The minimum atomic E-state index is -0.827. The summed E-state index contributed by atoms with van der Waals surface area (Å²) < 4.78 is 5.80. The number of aliphatic hydroxyl groups excluding tert-OH is 1. The summed E-state index contributed by atoms with van der Waals surface area (Å²) in [6, 6.07) is 26.8. The normalized spacial score (nSPS) is 12.8. The minimum absolute atomic E-state index is 0.129. The number of aliphatic hydroxyl groups is 1. The van der Waals surface area contributed by atoms with Crippen LogP contribution in [0.5, 0.6) is 5.75 Å². The van der Waals surface area contributed by atoms with E-state index in [1.165, 1.54) is 0 Å². The van der Waals surface area contributed by atoms with Gasteiger partial charge < -0.3 is 14.7 Å². The van der Waals surface area contributed by atoms with Gasteiger partial charge in [-0.2, -0.15) is 0 Å². The first-order valence-electron chi connectivity index (χ1n) is 9.93. The molecule has 5 heteroatoms. The highest BCUT2D eigenvalue weighted by atomic mass is 35.5. The van der Waals surface area contributed by atoms with Crippen LogP contribution in [-0.2, 0) is 11.4 Å². The van der Waals surface area contributed by atoms with Gasteiger partial charge in [-0.3, -0.25) is 4.79 Å². The molecule has 0 unspecified atom stereocenters. The van der Waals surface area contributed by atoms with Crippen molar-refractivity contribution in [2.45, 2.75) is 25.7 Å². The van der Waals surface area contributed by atoms with Gasteiger partial charge in [0.25, 0.3) is 0 Å². The van der Waals surface area contributed by atoms with E-state index >= 15 is 0 Å². The summed E-state index contributed by atoms with van der Waals surface area (Å²) in [7, 11) is 0. The van der Waals surface area contributed by atoms with Crippen molar-refractivity contribution in [3.05, 3.63) is 102 Å². The monoisotopic (exact) mass is 423 g/mol. The fourth-order valence-electron chi connectivity index (χ4n) is 3.28. The van der Waals surface area contributed by atoms with Crippen LogP contribution in [0.15, 0.2) is 84.9 Å². The molecule has 3 rings (SSSR count). The first-order valence-corrected chi connectivity index (χ1v) is 10.5. The van der Waals surface area contributed by atoms with Crippen LogP contribution in [-0.4, -0.2) is 28.3 Å². The molecule has 0 fully saturated rings. The second-order valence-electron chi connectivity index (χ2n) is 7.13. The molecule has 2 atom stereocenters. The Bertz CT molecular complexity index is 916. The minimum Gasteiger partial charge on any atom is -0.489 e. The number of rotatable bonds is 9. The fourth-order valence-corrected chi connectivity index (χ4v) is 3.44. The maximum absolute atomic E-state index is 12.4. The van der Waals surface area contributed by atoms with Crippen LogP contribution in [0.25, 0.3) is 0 Å². The molecule has 3 aromatic carbocycles. The summed E-state index contributed by atoms with van der Waals surface area (Å²) in [5, 5.41) is 10.8. The van der Waals surface area contributed by atoms with Crippen molar-refractivity contribution in [3.8, 4) is 5.75 Å². The highest BCUT2D eigenvalue weighted by Crippen LogP contribution is 2.25. The van der Waals surface area contributed by atoms with Gasteiger partial charge in [-0.15, -0.1) is 11.6 Å². The number of amides is 1. The Morgan fingerprint density at radius 3 is 2.13 bits per heavy atom. The average molecular weight is 424 g/mol. The Morgan fingerprint density at radius 1 is 0.933 bits per heavy atom. The van der Waals surface area contributed by atoms with Gasteiger partial charge in [-0.05, 0) is 35.7 Å². The van der Waals surface area contributed by atoms with Crippen LogP contribution in [0.3, 0.4) is 0 Å². The molecular weight excluding hydrogens is 398 g/mol. The van der Waals surface area contributed by atoms with E-state index in [1.54, 1.807) is 4.90 Å². The van der Waals surface area contributed by atoms with Gasteiger partial charge in [-0.1, -0.05) is 72.8 Å². The van der Waals surface area contributed by atoms with E-state index in [-0.39, 0.29) is 24.4 Å². The fraction of sp³-hybridized carbons (Fsp3) is 0.240. The summed E-state index contributed by atoms with van der Waals surface area (Å²) in [5.74, 6) is 0.381. The van der Waals surface area contributed by atoms with Crippen LogP contribution in [0, 0.1) is 0 Å². The molecule has 30 heavy (non-hydrogen) atoms. The molecule has 156 valence electrons. The zero-order valence-electron chi connectivity index (χ0n) is 16.9. The van der Waals surface area contributed by atoms with Gasteiger partial charge in [0.15, 0.2) is 0 Å². The van der Waals surface area contributed by atoms with E-state index in [9.17, 15) is 9.90 Å². The second kappa shape index (κ2) is 10.8. The third-order valence-electron chi connectivity index (χ3n) is 5.07. The highest BCUT2D eigenvalue weighted by Gasteiger charge is 2.24. The lowest BCUT2D eigenvalue weighted by Crippen LogP contribution is -2.37. The maximum Gasteiger partial charge on any atom is 0.238 e.